The summed E-state index contributed by atoms with van der Waals surface area (Å²) in [4.78, 5) is 29.4. The van der Waals surface area contributed by atoms with E-state index in [1.54, 1.807) is 6.92 Å². The lowest BCUT2D eigenvalue weighted by molar-refractivity contribution is 0.0946. The Kier molecular flexibility index (Phi) is 4.21. The van der Waals surface area contributed by atoms with Crippen LogP contribution in [0, 0.1) is 20.8 Å². The van der Waals surface area contributed by atoms with Crippen LogP contribution in [0.15, 0.2) is 15.4 Å². The second kappa shape index (κ2) is 5.90. The van der Waals surface area contributed by atoms with E-state index < -0.39 is 5.69 Å². The van der Waals surface area contributed by atoms with E-state index in [4.69, 9.17) is 4.52 Å². The summed E-state index contributed by atoms with van der Waals surface area (Å²) < 4.78 is 5.12. The van der Waals surface area contributed by atoms with Crippen molar-refractivity contribution >= 4 is 5.91 Å². The summed E-state index contributed by atoms with van der Waals surface area (Å²) in [6.45, 7) is 7.80. The lowest BCUT2D eigenvalue weighted by Crippen LogP contribution is -2.30. The maximum absolute atomic E-state index is 12.0. The molecule has 2 aromatic heterocycles. The summed E-state index contributed by atoms with van der Waals surface area (Å²) in [6, 6.07) is 1.54. The smallest absolute Gasteiger partial charge is 0.345 e. The summed E-state index contributed by atoms with van der Waals surface area (Å²) in [7, 11) is 0. The fourth-order valence-electron chi connectivity index (χ4n) is 2.33. The van der Waals surface area contributed by atoms with Crippen molar-refractivity contribution in [3.63, 3.8) is 0 Å². The molecule has 0 fully saturated rings. The number of carbonyl (C=O) groups excluding carboxylic acids is 1. The molecule has 2 rings (SSSR count). The third-order valence-corrected chi connectivity index (χ3v) is 3.26. The van der Waals surface area contributed by atoms with Gasteiger partial charge in [0.1, 0.15) is 11.5 Å². The van der Waals surface area contributed by atoms with E-state index in [0.29, 0.717) is 12.2 Å². The van der Waals surface area contributed by atoms with Crippen LogP contribution in [0.25, 0.3) is 0 Å². The van der Waals surface area contributed by atoms with Crippen LogP contribution in [-0.4, -0.2) is 27.6 Å². The first-order chi connectivity index (χ1) is 9.88. The average Bonchev–Trinajstić information content (AvgIpc) is 2.74. The van der Waals surface area contributed by atoms with Crippen LogP contribution in [0.5, 0.6) is 0 Å². The third-order valence-electron chi connectivity index (χ3n) is 3.26. The molecule has 0 aliphatic heterocycles. The number of carbonyl (C=O) groups is 1. The number of nitrogens with zero attached hydrogens (tertiary/aromatic N) is 2. The number of rotatable bonds is 4. The normalized spacial score (nSPS) is 12.2. The molecule has 0 spiro atoms. The lowest BCUT2D eigenvalue weighted by atomic mass is 9.99. The zero-order chi connectivity index (χ0) is 15.6. The van der Waals surface area contributed by atoms with Gasteiger partial charge in [-0.2, -0.15) is 4.98 Å². The predicted molar refractivity (Wildman–Crippen MR) is 76.3 cm³/mol. The van der Waals surface area contributed by atoms with Crippen molar-refractivity contribution in [1.29, 1.82) is 0 Å². The molecule has 0 bridgehead atoms. The van der Waals surface area contributed by atoms with Crippen LogP contribution < -0.4 is 11.0 Å². The van der Waals surface area contributed by atoms with Gasteiger partial charge in [-0.15, -0.1) is 0 Å². The van der Waals surface area contributed by atoms with E-state index in [9.17, 15) is 9.59 Å². The molecule has 7 heteroatoms. The van der Waals surface area contributed by atoms with E-state index in [1.165, 1.54) is 6.07 Å². The van der Waals surface area contributed by atoms with Gasteiger partial charge in [-0.1, -0.05) is 12.1 Å². The maximum Gasteiger partial charge on any atom is 0.345 e. The summed E-state index contributed by atoms with van der Waals surface area (Å²) in [5.41, 5.74) is 1.99. The summed E-state index contributed by atoms with van der Waals surface area (Å²) in [5.74, 6) is 0.436. The number of aryl methyl sites for hydroxylation is 3. The SMILES string of the molecule is Cc1cc(C(=O)NC[C@@H](C)c2c(C)noc2C)nc(=O)[nH]1. The Balaban J connectivity index is 2.06. The quantitative estimate of drug-likeness (QED) is 0.881. The highest BCUT2D eigenvalue weighted by Crippen LogP contribution is 2.22. The number of aromatic nitrogens is 3. The predicted octanol–water partition coefficient (Wildman–Crippen LogP) is 1.22. The van der Waals surface area contributed by atoms with Crippen molar-refractivity contribution in [1.82, 2.24) is 20.4 Å². The Hall–Kier alpha value is -2.44. The molecule has 2 heterocycles. The number of hydrogen-bond acceptors (Lipinski definition) is 5. The lowest BCUT2D eigenvalue weighted by Gasteiger charge is -2.12. The van der Waals surface area contributed by atoms with E-state index in [-0.39, 0.29) is 17.5 Å². The van der Waals surface area contributed by atoms with Gasteiger partial charge in [-0.25, -0.2) is 4.79 Å². The van der Waals surface area contributed by atoms with Gasteiger partial charge in [-0.05, 0) is 26.8 Å². The Morgan fingerprint density at radius 3 is 2.71 bits per heavy atom. The number of amides is 1. The first-order valence-corrected chi connectivity index (χ1v) is 6.67. The first-order valence-electron chi connectivity index (χ1n) is 6.67. The minimum absolute atomic E-state index is 0.0586. The largest absolute Gasteiger partial charge is 0.361 e. The molecule has 0 radical (unpaired) electrons. The van der Waals surface area contributed by atoms with Crippen LogP contribution in [0.2, 0.25) is 0 Å². The van der Waals surface area contributed by atoms with Gasteiger partial charge in [0.15, 0.2) is 0 Å². The Morgan fingerprint density at radius 1 is 1.43 bits per heavy atom. The molecule has 0 unspecified atom stereocenters. The van der Waals surface area contributed by atoms with Crippen LogP contribution >= 0.6 is 0 Å². The van der Waals surface area contributed by atoms with Gasteiger partial charge in [0.05, 0.1) is 5.69 Å². The molecule has 0 aliphatic carbocycles. The Morgan fingerprint density at radius 2 is 2.14 bits per heavy atom. The minimum atomic E-state index is -0.529. The molecule has 112 valence electrons. The van der Waals surface area contributed by atoms with Crippen LogP contribution in [0.4, 0.5) is 0 Å². The summed E-state index contributed by atoms with van der Waals surface area (Å²) in [6.07, 6.45) is 0. The van der Waals surface area contributed by atoms with Gasteiger partial charge >= 0.3 is 5.69 Å². The highest BCUT2D eigenvalue weighted by atomic mass is 16.5. The van der Waals surface area contributed by atoms with Crippen molar-refractivity contribution in [2.45, 2.75) is 33.6 Å². The number of hydrogen-bond donors (Lipinski definition) is 2. The number of nitrogens with one attached hydrogen (secondary N) is 2. The molecule has 21 heavy (non-hydrogen) atoms. The fraction of sp³-hybridized carbons (Fsp3) is 0.429. The molecule has 0 aromatic carbocycles. The second-order valence-corrected chi connectivity index (χ2v) is 5.10. The fourth-order valence-corrected chi connectivity index (χ4v) is 2.33. The Bertz CT molecular complexity index is 698. The third kappa shape index (κ3) is 3.36. The minimum Gasteiger partial charge on any atom is -0.361 e. The molecule has 0 saturated carbocycles. The van der Waals surface area contributed by atoms with Crippen molar-refractivity contribution in [2.24, 2.45) is 0 Å². The standard InChI is InChI=1S/C14H18N4O3/c1-7(12-9(3)18-21-10(12)4)6-15-13(19)11-5-8(2)16-14(20)17-11/h5,7H,6H2,1-4H3,(H,15,19)(H,16,17,20)/t7-/m1/s1. The van der Waals surface area contributed by atoms with Gasteiger partial charge in [0.25, 0.3) is 5.91 Å². The van der Waals surface area contributed by atoms with Crippen molar-refractivity contribution in [3.8, 4) is 0 Å². The first kappa shape index (κ1) is 15.0. The van der Waals surface area contributed by atoms with E-state index in [2.05, 4.69) is 20.4 Å². The monoisotopic (exact) mass is 290 g/mol. The molecule has 0 aliphatic rings. The van der Waals surface area contributed by atoms with Crippen molar-refractivity contribution in [3.05, 3.63) is 45.0 Å². The molecule has 2 N–H and O–H groups in total. The molecule has 2 aromatic rings. The van der Waals surface area contributed by atoms with Crippen molar-refractivity contribution in [2.75, 3.05) is 6.54 Å². The topological polar surface area (TPSA) is 101 Å². The van der Waals surface area contributed by atoms with Crippen LogP contribution in [-0.2, 0) is 0 Å². The zero-order valence-electron chi connectivity index (χ0n) is 12.5. The van der Waals surface area contributed by atoms with Crippen LogP contribution in [0.1, 0.15) is 46.0 Å². The van der Waals surface area contributed by atoms with Gasteiger partial charge in [-0.3, -0.25) is 4.79 Å². The maximum atomic E-state index is 12.0. The number of H-pyrrole nitrogens is 1. The van der Waals surface area contributed by atoms with E-state index in [1.807, 2.05) is 20.8 Å². The van der Waals surface area contributed by atoms with Crippen molar-refractivity contribution < 1.29 is 9.32 Å². The highest BCUT2D eigenvalue weighted by molar-refractivity contribution is 5.92. The van der Waals surface area contributed by atoms with E-state index >= 15 is 0 Å². The molecule has 1 amide bonds. The van der Waals surface area contributed by atoms with Crippen LogP contribution in [0.3, 0.4) is 0 Å². The summed E-state index contributed by atoms with van der Waals surface area (Å²) in [5, 5.41) is 6.67. The Labute approximate surface area is 121 Å². The average molecular weight is 290 g/mol. The number of aromatic amines is 1. The molecule has 0 saturated heterocycles. The molecule has 7 nitrogen and oxygen atoms in total. The van der Waals surface area contributed by atoms with E-state index in [0.717, 1.165) is 17.0 Å². The summed E-state index contributed by atoms with van der Waals surface area (Å²) >= 11 is 0. The van der Waals surface area contributed by atoms with Gasteiger partial charge in [0, 0.05) is 23.7 Å². The van der Waals surface area contributed by atoms with Gasteiger partial charge < -0.3 is 14.8 Å². The second-order valence-electron chi connectivity index (χ2n) is 5.10. The highest BCUT2D eigenvalue weighted by Gasteiger charge is 2.18. The molecular formula is C14H18N4O3. The molecular weight excluding hydrogens is 272 g/mol. The zero-order valence-corrected chi connectivity index (χ0v) is 12.5. The van der Waals surface area contributed by atoms with Gasteiger partial charge in [0.2, 0.25) is 0 Å². The molecule has 1 atom stereocenters.